The Morgan fingerprint density at radius 1 is 1.12 bits per heavy atom. The molecule has 1 aliphatic rings. The highest BCUT2D eigenvalue weighted by Gasteiger charge is 2.49. The minimum atomic E-state index is -1.15. The van der Waals surface area contributed by atoms with Crippen LogP contribution in [0.25, 0.3) is 0 Å². The Kier molecular flexibility index (Phi) is 5.74. The number of ether oxygens (including phenoxy) is 1. The molecule has 0 aliphatic carbocycles. The molecule has 0 spiro atoms. The highest BCUT2D eigenvalue weighted by atomic mass is 35.5. The fraction of sp³-hybridized carbons (Fsp3) is 0.333. The molecule has 1 saturated heterocycles. The van der Waals surface area contributed by atoms with Gasteiger partial charge in [-0.25, -0.2) is 0 Å². The van der Waals surface area contributed by atoms with E-state index in [2.05, 4.69) is 4.90 Å². The highest BCUT2D eigenvalue weighted by Crippen LogP contribution is 2.33. The number of methoxy groups -OCH3 is 1. The highest BCUT2D eigenvalue weighted by molar-refractivity contribution is 6.30. The molecule has 5 heteroatoms. The summed E-state index contributed by atoms with van der Waals surface area (Å²) in [5.41, 5.74) is 0.905. The summed E-state index contributed by atoms with van der Waals surface area (Å²) in [6, 6.07) is 17.3. The second kappa shape index (κ2) is 8.02. The molecule has 1 unspecified atom stereocenters. The first-order valence-corrected chi connectivity index (χ1v) is 9.04. The standard InChI is InChI=1S/C21H22ClNO3/c1-26-20(25)21(13-16-5-3-2-4-6-16)15-23(12-11-19(21)24)14-17-7-9-18(22)10-8-17/h2-10H,11-15H2,1H3. The van der Waals surface area contributed by atoms with Gasteiger partial charge in [-0.05, 0) is 29.7 Å². The van der Waals surface area contributed by atoms with Gasteiger partial charge in [0.1, 0.15) is 5.41 Å². The molecular formula is C21H22ClNO3. The van der Waals surface area contributed by atoms with Gasteiger partial charge in [-0.15, -0.1) is 0 Å². The van der Waals surface area contributed by atoms with Gasteiger partial charge in [0.2, 0.25) is 0 Å². The maximum absolute atomic E-state index is 12.8. The molecule has 2 aromatic rings. The van der Waals surface area contributed by atoms with Crippen molar-refractivity contribution in [1.29, 1.82) is 0 Å². The second-order valence-corrected chi connectivity index (χ2v) is 7.18. The Balaban J connectivity index is 1.85. The fourth-order valence-corrected chi connectivity index (χ4v) is 3.70. The van der Waals surface area contributed by atoms with Crippen molar-refractivity contribution in [1.82, 2.24) is 4.90 Å². The third-order valence-corrected chi connectivity index (χ3v) is 5.18. The Morgan fingerprint density at radius 2 is 1.81 bits per heavy atom. The molecule has 2 aromatic carbocycles. The number of nitrogens with zero attached hydrogens (tertiary/aromatic N) is 1. The van der Waals surface area contributed by atoms with Crippen molar-refractivity contribution >= 4 is 23.4 Å². The van der Waals surface area contributed by atoms with E-state index in [4.69, 9.17) is 16.3 Å². The molecular weight excluding hydrogens is 350 g/mol. The average molecular weight is 372 g/mol. The molecule has 1 atom stereocenters. The molecule has 1 heterocycles. The van der Waals surface area contributed by atoms with Gasteiger partial charge in [0, 0.05) is 31.1 Å². The van der Waals surface area contributed by atoms with Crippen LogP contribution >= 0.6 is 11.6 Å². The van der Waals surface area contributed by atoms with Gasteiger partial charge in [0.25, 0.3) is 0 Å². The summed E-state index contributed by atoms with van der Waals surface area (Å²) in [6.45, 7) is 1.66. The molecule has 0 N–H and O–H groups in total. The first-order valence-electron chi connectivity index (χ1n) is 8.66. The molecule has 0 aromatic heterocycles. The Hall–Kier alpha value is -2.17. The SMILES string of the molecule is COC(=O)C1(Cc2ccccc2)CN(Cc2ccc(Cl)cc2)CCC1=O. The van der Waals surface area contributed by atoms with Crippen molar-refractivity contribution in [2.75, 3.05) is 20.2 Å². The summed E-state index contributed by atoms with van der Waals surface area (Å²) in [5, 5.41) is 0.690. The van der Waals surface area contributed by atoms with E-state index >= 15 is 0 Å². The number of halogens is 1. The lowest BCUT2D eigenvalue weighted by Gasteiger charge is -2.39. The van der Waals surface area contributed by atoms with Gasteiger partial charge in [-0.1, -0.05) is 54.1 Å². The fourth-order valence-electron chi connectivity index (χ4n) is 3.58. The van der Waals surface area contributed by atoms with Crippen LogP contribution in [0.5, 0.6) is 0 Å². The minimum absolute atomic E-state index is 0.0411. The van der Waals surface area contributed by atoms with E-state index in [1.807, 2.05) is 54.6 Å². The number of Topliss-reactive ketones (excluding diaryl/α,β-unsaturated/α-hetero) is 1. The summed E-state index contributed by atoms with van der Waals surface area (Å²) >= 11 is 5.95. The van der Waals surface area contributed by atoms with Crippen LogP contribution in [0.2, 0.25) is 5.02 Å². The molecule has 4 nitrogen and oxygen atoms in total. The smallest absolute Gasteiger partial charge is 0.321 e. The van der Waals surface area contributed by atoms with Gasteiger partial charge in [0.05, 0.1) is 7.11 Å². The van der Waals surface area contributed by atoms with Crippen molar-refractivity contribution in [3.05, 3.63) is 70.7 Å². The van der Waals surface area contributed by atoms with E-state index in [1.54, 1.807) is 0 Å². The van der Waals surface area contributed by atoms with Crippen LogP contribution in [-0.2, 0) is 27.3 Å². The van der Waals surface area contributed by atoms with Crippen molar-refractivity contribution in [3.8, 4) is 0 Å². The van der Waals surface area contributed by atoms with E-state index in [9.17, 15) is 9.59 Å². The quantitative estimate of drug-likeness (QED) is 0.596. The second-order valence-electron chi connectivity index (χ2n) is 6.75. The number of benzene rings is 2. The monoisotopic (exact) mass is 371 g/mol. The number of rotatable bonds is 5. The lowest BCUT2D eigenvalue weighted by molar-refractivity contribution is -0.162. The normalized spacial score (nSPS) is 20.8. The van der Waals surface area contributed by atoms with Crippen LogP contribution < -0.4 is 0 Å². The van der Waals surface area contributed by atoms with Crippen molar-refractivity contribution in [2.24, 2.45) is 5.41 Å². The van der Waals surface area contributed by atoms with Gasteiger partial charge >= 0.3 is 5.97 Å². The van der Waals surface area contributed by atoms with Crippen LogP contribution in [0.4, 0.5) is 0 Å². The molecule has 0 saturated carbocycles. The number of carbonyl (C=O) groups excluding carboxylic acids is 2. The summed E-state index contributed by atoms with van der Waals surface area (Å²) < 4.78 is 5.05. The average Bonchev–Trinajstić information content (AvgIpc) is 2.66. The first kappa shape index (κ1) is 18.6. The van der Waals surface area contributed by atoms with Gasteiger partial charge in [-0.3, -0.25) is 14.5 Å². The topological polar surface area (TPSA) is 46.6 Å². The number of carbonyl (C=O) groups is 2. The maximum Gasteiger partial charge on any atom is 0.321 e. The summed E-state index contributed by atoms with van der Waals surface area (Å²) in [7, 11) is 1.35. The predicted octanol–water partition coefficient (Wildman–Crippen LogP) is 3.52. The van der Waals surface area contributed by atoms with E-state index in [1.165, 1.54) is 7.11 Å². The van der Waals surface area contributed by atoms with E-state index in [0.29, 0.717) is 37.5 Å². The van der Waals surface area contributed by atoms with Crippen molar-refractivity contribution in [3.63, 3.8) is 0 Å². The summed E-state index contributed by atoms with van der Waals surface area (Å²) in [4.78, 5) is 27.6. The Labute approximate surface area is 158 Å². The van der Waals surface area contributed by atoms with Crippen molar-refractivity contribution in [2.45, 2.75) is 19.4 Å². The van der Waals surface area contributed by atoms with Crippen LogP contribution in [0, 0.1) is 5.41 Å². The molecule has 26 heavy (non-hydrogen) atoms. The molecule has 1 aliphatic heterocycles. The first-order chi connectivity index (χ1) is 12.5. The van der Waals surface area contributed by atoms with Crippen LogP contribution in [-0.4, -0.2) is 36.9 Å². The van der Waals surface area contributed by atoms with E-state index in [-0.39, 0.29) is 5.78 Å². The molecule has 0 bridgehead atoms. The molecule has 3 rings (SSSR count). The molecule has 136 valence electrons. The third kappa shape index (κ3) is 3.97. The zero-order valence-corrected chi connectivity index (χ0v) is 15.5. The number of likely N-dealkylation sites (tertiary alicyclic amines) is 1. The van der Waals surface area contributed by atoms with Gasteiger partial charge in [-0.2, -0.15) is 0 Å². The number of piperidine rings is 1. The van der Waals surface area contributed by atoms with E-state index in [0.717, 1.165) is 11.1 Å². The number of esters is 1. The van der Waals surface area contributed by atoms with Crippen LogP contribution in [0.3, 0.4) is 0 Å². The maximum atomic E-state index is 12.8. The zero-order chi connectivity index (χ0) is 18.6. The van der Waals surface area contributed by atoms with Gasteiger partial charge < -0.3 is 4.74 Å². The Morgan fingerprint density at radius 3 is 2.46 bits per heavy atom. The third-order valence-electron chi connectivity index (χ3n) is 4.93. The number of hydrogen-bond acceptors (Lipinski definition) is 4. The largest absolute Gasteiger partial charge is 0.468 e. The molecule has 0 radical (unpaired) electrons. The summed E-state index contributed by atoms with van der Waals surface area (Å²) in [5.74, 6) is -0.493. The summed E-state index contributed by atoms with van der Waals surface area (Å²) in [6.07, 6.45) is 0.700. The molecule has 1 fully saturated rings. The zero-order valence-electron chi connectivity index (χ0n) is 14.8. The van der Waals surface area contributed by atoms with Crippen molar-refractivity contribution < 1.29 is 14.3 Å². The van der Waals surface area contributed by atoms with Crippen LogP contribution in [0.15, 0.2) is 54.6 Å². The lowest BCUT2D eigenvalue weighted by atomic mass is 9.74. The lowest BCUT2D eigenvalue weighted by Crippen LogP contribution is -2.55. The van der Waals surface area contributed by atoms with Gasteiger partial charge in [0.15, 0.2) is 5.78 Å². The predicted molar refractivity (Wildman–Crippen MR) is 101 cm³/mol. The molecule has 0 amide bonds. The number of ketones is 1. The minimum Gasteiger partial charge on any atom is -0.468 e. The Bertz CT molecular complexity index is 766. The van der Waals surface area contributed by atoms with Crippen LogP contribution in [0.1, 0.15) is 17.5 Å². The number of hydrogen-bond donors (Lipinski definition) is 0. The van der Waals surface area contributed by atoms with E-state index < -0.39 is 11.4 Å².